The molecule has 2 amide bonds. The maximum atomic E-state index is 14.1. The van der Waals surface area contributed by atoms with Gasteiger partial charge < -0.3 is 20.6 Å². The number of aliphatic hydroxyl groups excluding tert-OH is 1. The number of halogens is 3. The van der Waals surface area contributed by atoms with Gasteiger partial charge in [0.05, 0.1) is 12.1 Å². The van der Waals surface area contributed by atoms with Crippen molar-refractivity contribution in [1.82, 2.24) is 15.5 Å². The standard InChI is InChI=1S/C37H46F3N3O3/c1-4-13-43(14-5-2)37(46)29-16-24(3)15-28(21-29)36(45)42-34(20-27-18-31(39)22-32(40)19-27)35(44)33-12-11-26(23-41-33)10-9-25-7-6-8-30(38)17-25/h6-8,15-19,21-22,26,33-35,41,44H,4-5,9-14,20,23H2,1-3H3,(H,42,45)/t26?,33?,34-,35+/m0/s1. The number of nitrogens with one attached hydrogen (secondary N) is 2. The number of hydrogen-bond acceptors (Lipinski definition) is 4. The minimum absolute atomic E-state index is 0.00114. The molecule has 3 aromatic carbocycles. The molecule has 1 aliphatic heterocycles. The average Bonchev–Trinajstić information content (AvgIpc) is 3.02. The van der Waals surface area contributed by atoms with Crippen molar-refractivity contribution in [3.8, 4) is 0 Å². The first-order valence-corrected chi connectivity index (χ1v) is 16.4. The summed E-state index contributed by atoms with van der Waals surface area (Å²) >= 11 is 0. The largest absolute Gasteiger partial charge is 0.389 e. The Labute approximate surface area is 270 Å². The summed E-state index contributed by atoms with van der Waals surface area (Å²) < 4.78 is 41.8. The van der Waals surface area contributed by atoms with E-state index in [0.29, 0.717) is 43.1 Å². The van der Waals surface area contributed by atoms with E-state index in [0.717, 1.165) is 49.3 Å². The summed E-state index contributed by atoms with van der Waals surface area (Å²) in [7, 11) is 0. The van der Waals surface area contributed by atoms with Crippen molar-refractivity contribution in [2.45, 2.75) is 83.9 Å². The third kappa shape index (κ3) is 9.90. The second-order valence-electron chi connectivity index (χ2n) is 12.6. The van der Waals surface area contributed by atoms with E-state index in [4.69, 9.17) is 0 Å². The zero-order valence-electron chi connectivity index (χ0n) is 27.0. The second kappa shape index (κ2) is 16.7. The van der Waals surface area contributed by atoms with E-state index >= 15 is 0 Å². The fraction of sp³-hybridized carbons (Fsp3) is 0.459. The van der Waals surface area contributed by atoms with Crippen LogP contribution in [-0.2, 0) is 12.8 Å². The minimum Gasteiger partial charge on any atom is -0.389 e. The van der Waals surface area contributed by atoms with Crippen molar-refractivity contribution in [2.24, 2.45) is 5.92 Å². The summed E-state index contributed by atoms with van der Waals surface area (Å²) in [5, 5.41) is 17.9. The molecule has 1 saturated heterocycles. The Balaban J connectivity index is 1.49. The molecule has 0 aliphatic carbocycles. The second-order valence-corrected chi connectivity index (χ2v) is 12.6. The van der Waals surface area contributed by atoms with Gasteiger partial charge >= 0.3 is 0 Å². The normalized spacial score (nSPS) is 17.7. The number of carbonyl (C=O) groups excluding carboxylic acids is 2. The van der Waals surface area contributed by atoms with Gasteiger partial charge in [0.1, 0.15) is 17.5 Å². The summed E-state index contributed by atoms with van der Waals surface area (Å²) in [5.41, 5.74) is 2.67. The summed E-state index contributed by atoms with van der Waals surface area (Å²) in [6.07, 6.45) is 3.64. The van der Waals surface area contributed by atoms with Gasteiger partial charge in [-0.1, -0.05) is 26.0 Å². The number of nitrogens with zero attached hydrogens (tertiary/aromatic N) is 1. The van der Waals surface area contributed by atoms with Gasteiger partial charge in [-0.3, -0.25) is 9.59 Å². The van der Waals surface area contributed by atoms with Gasteiger partial charge in [-0.05, 0) is 123 Å². The zero-order valence-corrected chi connectivity index (χ0v) is 27.0. The average molecular weight is 638 g/mol. The number of piperidine rings is 1. The molecule has 46 heavy (non-hydrogen) atoms. The lowest BCUT2D eigenvalue weighted by Crippen LogP contribution is -2.56. The molecule has 3 aromatic rings. The first kappa shape index (κ1) is 35.2. The Hall–Kier alpha value is -3.69. The molecule has 0 saturated carbocycles. The lowest BCUT2D eigenvalue weighted by atomic mass is 9.85. The quantitative estimate of drug-likeness (QED) is 0.192. The molecular formula is C37H46F3N3O3. The van der Waals surface area contributed by atoms with Crippen LogP contribution in [0.1, 0.15) is 83.4 Å². The Bertz CT molecular complexity index is 1450. The van der Waals surface area contributed by atoms with E-state index in [9.17, 15) is 27.9 Å². The van der Waals surface area contributed by atoms with Gasteiger partial charge in [0.15, 0.2) is 0 Å². The number of aliphatic hydroxyl groups is 1. The van der Waals surface area contributed by atoms with Crippen LogP contribution in [0.15, 0.2) is 60.7 Å². The maximum absolute atomic E-state index is 14.1. The SMILES string of the molecule is CCCN(CCC)C(=O)c1cc(C)cc(C(=O)N[C@@H](Cc2cc(F)cc(F)c2)[C@H](O)C2CCC(CCc3cccc(F)c3)CN2)c1. The van der Waals surface area contributed by atoms with Crippen molar-refractivity contribution in [2.75, 3.05) is 19.6 Å². The summed E-state index contributed by atoms with van der Waals surface area (Å²) in [4.78, 5) is 28.8. The smallest absolute Gasteiger partial charge is 0.253 e. The van der Waals surface area contributed by atoms with Gasteiger partial charge in [0, 0.05) is 36.3 Å². The summed E-state index contributed by atoms with van der Waals surface area (Å²) in [6, 6.07) is 13.6. The highest BCUT2D eigenvalue weighted by atomic mass is 19.1. The van der Waals surface area contributed by atoms with Crippen molar-refractivity contribution in [3.63, 3.8) is 0 Å². The molecule has 4 rings (SSSR count). The third-order valence-corrected chi connectivity index (χ3v) is 8.66. The van der Waals surface area contributed by atoms with Gasteiger partial charge in [0.25, 0.3) is 11.8 Å². The minimum atomic E-state index is -1.06. The highest BCUT2D eigenvalue weighted by Crippen LogP contribution is 2.24. The number of benzene rings is 3. The highest BCUT2D eigenvalue weighted by molar-refractivity contribution is 6.00. The van der Waals surface area contributed by atoms with Gasteiger partial charge in [-0.2, -0.15) is 0 Å². The van der Waals surface area contributed by atoms with Crippen LogP contribution in [0.2, 0.25) is 0 Å². The molecule has 0 aromatic heterocycles. The van der Waals surface area contributed by atoms with Crippen LogP contribution in [0.5, 0.6) is 0 Å². The molecule has 0 spiro atoms. The topological polar surface area (TPSA) is 81.7 Å². The molecular weight excluding hydrogens is 591 g/mol. The van der Waals surface area contributed by atoms with Crippen LogP contribution in [-0.4, -0.2) is 59.6 Å². The maximum Gasteiger partial charge on any atom is 0.253 e. The highest BCUT2D eigenvalue weighted by Gasteiger charge is 2.33. The fourth-order valence-electron chi connectivity index (χ4n) is 6.39. The lowest BCUT2D eigenvalue weighted by molar-refractivity contribution is 0.0595. The molecule has 2 unspecified atom stereocenters. The van der Waals surface area contributed by atoms with E-state index in [-0.39, 0.29) is 29.8 Å². The molecule has 0 radical (unpaired) electrons. The van der Waals surface area contributed by atoms with Gasteiger partial charge in [-0.15, -0.1) is 0 Å². The molecule has 1 fully saturated rings. The summed E-state index contributed by atoms with van der Waals surface area (Å²) in [6.45, 7) is 7.70. The molecule has 1 heterocycles. The number of rotatable bonds is 14. The van der Waals surface area contributed by atoms with Crippen LogP contribution < -0.4 is 10.6 Å². The number of hydrogen-bond donors (Lipinski definition) is 3. The first-order chi connectivity index (χ1) is 22.1. The number of amides is 2. The van der Waals surface area contributed by atoms with Crippen molar-refractivity contribution < 1.29 is 27.9 Å². The first-order valence-electron chi connectivity index (χ1n) is 16.4. The zero-order chi connectivity index (χ0) is 33.2. The number of aryl methyl sites for hydroxylation is 2. The molecule has 3 N–H and O–H groups in total. The van der Waals surface area contributed by atoms with Crippen LogP contribution in [0.4, 0.5) is 13.2 Å². The molecule has 6 nitrogen and oxygen atoms in total. The van der Waals surface area contributed by atoms with Crippen molar-refractivity contribution in [3.05, 3.63) is 106 Å². The Morgan fingerprint density at radius 1 is 0.913 bits per heavy atom. The third-order valence-electron chi connectivity index (χ3n) is 8.66. The Morgan fingerprint density at radius 3 is 2.22 bits per heavy atom. The van der Waals surface area contributed by atoms with E-state index < -0.39 is 29.7 Å². The molecule has 9 heteroatoms. The van der Waals surface area contributed by atoms with Crippen LogP contribution in [0, 0.1) is 30.3 Å². The van der Waals surface area contributed by atoms with Crippen LogP contribution in [0.3, 0.4) is 0 Å². The van der Waals surface area contributed by atoms with Crippen molar-refractivity contribution in [1.29, 1.82) is 0 Å². The Kier molecular flexibility index (Phi) is 12.8. The molecule has 4 atom stereocenters. The van der Waals surface area contributed by atoms with Crippen LogP contribution in [0.25, 0.3) is 0 Å². The van der Waals surface area contributed by atoms with Gasteiger partial charge in [-0.25, -0.2) is 13.2 Å². The summed E-state index contributed by atoms with van der Waals surface area (Å²) in [5.74, 6) is -2.03. The van der Waals surface area contributed by atoms with E-state index in [2.05, 4.69) is 10.6 Å². The van der Waals surface area contributed by atoms with E-state index in [1.54, 1.807) is 35.2 Å². The van der Waals surface area contributed by atoms with E-state index in [1.165, 1.54) is 18.2 Å². The Morgan fingerprint density at radius 2 is 1.59 bits per heavy atom. The lowest BCUT2D eigenvalue weighted by Gasteiger charge is -2.36. The van der Waals surface area contributed by atoms with Crippen molar-refractivity contribution >= 4 is 11.8 Å². The number of carbonyl (C=O) groups is 2. The fourth-order valence-corrected chi connectivity index (χ4v) is 6.39. The predicted octanol–water partition coefficient (Wildman–Crippen LogP) is 6.38. The van der Waals surface area contributed by atoms with Crippen LogP contribution >= 0.6 is 0 Å². The monoisotopic (exact) mass is 637 g/mol. The van der Waals surface area contributed by atoms with E-state index in [1.807, 2.05) is 26.8 Å². The molecule has 1 aliphatic rings. The molecule has 248 valence electrons. The van der Waals surface area contributed by atoms with Gasteiger partial charge in [0.2, 0.25) is 0 Å². The predicted molar refractivity (Wildman–Crippen MR) is 174 cm³/mol. The molecule has 0 bridgehead atoms.